The Kier molecular flexibility index (Phi) is 3.39. The van der Waals surface area contributed by atoms with E-state index >= 15 is 0 Å². The monoisotopic (exact) mass is 232 g/mol. The lowest BCUT2D eigenvalue weighted by Gasteiger charge is -2.09. The molecule has 5 heteroatoms. The second kappa shape index (κ2) is 4.97. The van der Waals surface area contributed by atoms with Crippen molar-refractivity contribution in [2.75, 3.05) is 11.9 Å². The lowest BCUT2D eigenvalue weighted by atomic mass is 10.1. The molecule has 0 aliphatic carbocycles. The Bertz CT molecular complexity index is 520. The van der Waals surface area contributed by atoms with Gasteiger partial charge in [-0.25, -0.2) is 0 Å². The van der Waals surface area contributed by atoms with Gasteiger partial charge in [0.1, 0.15) is 0 Å². The van der Waals surface area contributed by atoms with Crippen LogP contribution in [0.2, 0.25) is 0 Å². The quantitative estimate of drug-likeness (QED) is 0.746. The van der Waals surface area contributed by atoms with Gasteiger partial charge in [0.25, 0.3) is 0 Å². The van der Waals surface area contributed by atoms with Crippen molar-refractivity contribution in [3.05, 3.63) is 24.4 Å². The highest BCUT2D eigenvalue weighted by Gasteiger charge is 2.10. The Hall–Kier alpha value is -1.88. The van der Waals surface area contributed by atoms with Gasteiger partial charge in [0.15, 0.2) is 0 Å². The van der Waals surface area contributed by atoms with Crippen LogP contribution in [0.1, 0.15) is 13.3 Å². The van der Waals surface area contributed by atoms with Crippen LogP contribution in [0.5, 0.6) is 0 Å². The normalized spacial score (nSPS) is 12.6. The van der Waals surface area contributed by atoms with Crippen LogP contribution in [-0.4, -0.2) is 22.6 Å². The molecule has 2 rings (SSSR count). The number of hydrogen-bond acceptors (Lipinski definition) is 3. The molecule has 1 atom stereocenters. The molecule has 17 heavy (non-hydrogen) atoms. The fourth-order valence-corrected chi connectivity index (χ4v) is 1.67. The topological polar surface area (TPSA) is 83.8 Å². The number of benzene rings is 1. The van der Waals surface area contributed by atoms with Gasteiger partial charge >= 0.3 is 0 Å². The van der Waals surface area contributed by atoms with Gasteiger partial charge in [0.05, 0.1) is 17.4 Å². The first kappa shape index (κ1) is 11.6. The summed E-state index contributed by atoms with van der Waals surface area (Å²) >= 11 is 0. The summed E-state index contributed by atoms with van der Waals surface area (Å²) in [6.45, 7) is 2.47. The largest absolute Gasteiger partial charge is 0.330 e. The Morgan fingerprint density at radius 3 is 3.18 bits per heavy atom. The maximum absolute atomic E-state index is 11.7. The van der Waals surface area contributed by atoms with Crippen molar-refractivity contribution in [2.24, 2.45) is 11.7 Å². The van der Waals surface area contributed by atoms with Crippen LogP contribution < -0.4 is 11.1 Å². The molecule has 0 spiro atoms. The van der Waals surface area contributed by atoms with Gasteiger partial charge in [-0.2, -0.15) is 5.10 Å². The van der Waals surface area contributed by atoms with Gasteiger partial charge in [-0.05, 0) is 18.5 Å². The Balaban J connectivity index is 2.13. The minimum atomic E-state index is -0.0231. The van der Waals surface area contributed by atoms with Crippen molar-refractivity contribution in [2.45, 2.75) is 13.3 Å². The zero-order valence-electron chi connectivity index (χ0n) is 9.73. The number of nitrogens with two attached hydrogens (primary N) is 1. The second-order valence-corrected chi connectivity index (χ2v) is 4.23. The number of carbonyl (C=O) groups excluding carboxylic acids is 1. The molecule has 2 aromatic rings. The number of H-pyrrole nitrogens is 1. The molecule has 0 fully saturated rings. The van der Waals surface area contributed by atoms with E-state index in [1.165, 1.54) is 0 Å². The molecule has 1 heterocycles. The maximum Gasteiger partial charge on any atom is 0.224 e. The van der Waals surface area contributed by atoms with Crippen LogP contribution in [0, 0.1) is 5.92 Å². The molecule has 1 aromatic heterocycles. The number of fused-ring (bicyclic) bond motifs is 1. The van der Waals surface area contributed by atoms with Crippen LogP contribution in [0.3, 0.4) is 0 Å². The molecule has 0 aliphatic heterocycles. The molecule has 0 radical (unpaired) electrons. The number of amides is 1. The Labute approximate surface area is 99.4 Å². The number of rotatable bonds is 4. The summed E-state index contributed by atoms with van der Waals surface area (Å²) in [6.07, 6.45) is 2.16. The third-order valence-electron chi connectivity index (χ3n) is 2.69. The molecule has 4 N–H and O–H groups in total. The van der Waals surface area contributed by atoms with Gasteiger partial charge in [-0.3, -0.25) is 9.89 Å². The highest BCUT2D eigenvalue weighted by atomic mass is 16.1. The second-order valence-electron chi connectivity index (χ2n) is 4.23. The van der Waals surface area contributed by atoms with Crippen molar-refractivity contribution in [3.63, 3.8) is 0 Å². The average molecular weight is 232 g/mol. The number of nitrogens with one attached hydrogen (secondary N) is 2. The maximum atomic E-state index is 11.7. The predicted molar refractivity (Wildman–Crippen MR) is 67.6 cm³/mol. The van der Waals surface area contributed by atoms with Crippen LogP contribution in [0.25, 0.3) is 10.9 Å². The number of carbonyl (C=O) groups is 1. The highest BCUT2D eigenvalue weighted by molar-refractivity contribution is 6.00. The van der Waals surface area contributed by atoms with Crippen molar-refractivity contribution in [3.8, 4) is 0 Å². The van der Waals surface area contributed by atoms with E-state index in [4.69, 9.17) is 5.73 Å². The number of para-hydroxylation sites is 1. The Morgan fingerprint density at radius 1 is 1.59 bits per heavy atom. The van der Waals surface area contributed by atoms with Crippen molar-refractivity contribution in [1.82, 2.24) is 10.2 Å². The number of hydrogen-bond donors (Lipinski definition) is 3. The molecular formula is C12H16N4O. The predicted octanol–water partition coefficient (Wildman–Crippen LogP) is 1.49. The zero-order valence-corrected chi connectivity index (χ0v) is 9.73. The summed E-state index contributed by atoms with van der Waals surface area (Å²) in [6, 6.07) is 5.68. The first-order valence-corrected chi connectivity index (χ1v) is 5.62. The van der Waals surface area contributed by atoms with Crippen molar-refractivity contribution < 1.29 is 4.79 Å². The Morgan fingerprint density at radius 2 is 2.41 bits per heavy atom. The van der Waals surface area contributed by atoms with E-state index in [2.05, 4.69) is 15.5 Å². The van der Waals surface area contributed by atoms with E-state index in [0.717, 1.165) is 16.6 Å². The van der Waals surface area contributed by atoms with Crippen molar-refractivity contribution in [1.29, 1.82) is 0 Å². The number of anilines is 1. The highest BCUT2D eigenvalue weighted by Crippen LogP contribution is 2.20. The smallest absolute Gasteiger partial charge is 0.224 e. The van der Waals surface area contributed by atoms with E-state index in [1.807, 2.05) is 25.1 Å². The van der Waals surface area contributed by atoms with Crippen molar-refractivity contribution >= 4 is 22.5 Å². The van der Waals surface area contributed by atoms with Gasteiger partial charge in [-0.1, -0.05) is 19.1 Å². The van der Waals surface area contributed by atoms with Gasteiger partial charge in [0, 0.05) is 11.8 Å². The van der Waals surface area contributed by atoms with E-state index in [0.29, 0.717) is 13.0 Å². The molecule has 0 saturated carbocycles. The number of aromatic nitrogens is 2. The van der Waals surface area contributed by atoms with Crippen LogP contribution in [0.4, 0.5) is 5.69 Å². The summed E-state index contributed by atoms with van der Waals surface area (Å²) in [5.41, 5.74) is 7.10. The third-order valence-corrected chi connectivity index (χ3v) is 2.69. The molecule has 1 unspecified atom stereocenters. The first-order valence-electron chi connectivity index (χ1n) is 5.62. The van der Waals surface area contributed by atoms with E-state index in [9.17, 15) is 4.79 Å². The van der Waals surface area contributed by atoms with Gasteiger partial charge in [-0.15, -0.1) is 0 Å². The zero-order chi connectivity index (χ0) is 12.3. The molecule has 0 aliphatic rings. The van der Waals surface area contributed by atoms with Crippen LogP contribution in [0.15, 0.2) is 24.4 Å². The fourth-order valence-electron chi connectivity index (χ4n) is 1.67. The van der Waals surface area contributed by atoms with Gasteiger partial charge in [0.2, 0.25) is 5.91 Å². The van der Waals surface area contributed by atoms with Crippen LogP contribution >= 0.6 is 0 Å². The summed E-state index contributed by atoms with van der Waals surface area (Å²) in [7, 11) is 0. The average Bonchev–Trinajstić information content (AvgIpc) is 2.78. The molecule has 0 bridgehead atoms. The van der Waals surface area contributed by atoms with E-state index < -0.39 is 0 Å². The minimum absolute atomic E-state index is 0.0231. The lowest BCUT2D eigenvalue weighted by Crippen LogP contribution is -2.20. The molecular weight excluding hydrogens is 216 g/mol. The molecule has 1 aromatic carbocycles. The summed E-state index contributed by atoms with van der Waals surface area (Å²) in [5.74, 6) is 0.168. The number of nitrogens with zero attached hydrogens (tertiary/aromatic N) is 1. The van der Waals surface area contributed by atoms with E-state index in [-0.39, 0.29) is 11.8 Å². The molecule has 90 valence electrons. The standard InChI is InChI=1S/C12H16N4O/c1-8(6-13)5-11(17)15-10-4-2-3-9-7-14-16-12(9)10/h2-4,7-8H,5-6,13H2,1H3,(H,14,16)(H,15,17). The summed E-state index contributed by atoms with van der Waals surface area (Å²) in [5, 5.41) is 10.7. The molecule has 5 nitrogen and oxygen atoms in total. The molecule has 0 saturated heterocycles. The SMILES string of the molecule is CC(CN)CC(=O)Nc1cccc2cn[nH]c12. The molecule has 1 amide bonds. The third kappa shape index (κ3) is 2.62. The minimum Gasteiger partial charge on any atom is -0.330 e. The summed E-state index contributed by atoms with van der Waals surface area (Å²) in [4.78, 5) is 11.7. The van der Waals surface area contributed by atoms with E-state index in [1.54, 1.807) is 6.20 Å². The van der Waals surface area contributed by atoms with Gasteiger partial charge < -0.3 is 11.1 Å². The fraction of sp³-hybridized carbons (Fsp3) is 0.333. The summed E-state index contributed by atoms with van der Waals surface area (Å²) < 4.78 is 0. The van der Waals surface area contributed by atoms with Crippen LogP contribution in [-0.2, 0) is 4.79 Å². The lowest BCUT2D eigenvalue weighted by molar-refractivity contribution is -0.116. The first-order chi connectivity index (χ1) is 8.20. The number of aromatic amines is 1.